The Morgan fingerprint density at radius 1 is 0.816 bits per heavy atom. The summed E-state index contributed by atoms with van der Waals surface area (Å²) in [5, 5.41) is 3.76. The minimum atomic E-state index is -1.09. The summed E-state index contributed by atoms with van der Waals surface area (Å²) >= 11 is 13.5. The molecular formula is C36H42Cl2N4O7. The molecular weight excluding hydrogens is 671 g/mol. The standard InChI is InChI=1S/C36H42Cl2N4O7/c1-47-28-12-5-4-9-23(28)13-14-26-32(35(45)48-2)34(31-24(37)10-8-11-25(31)38)33(36(46)49-3)27(39-26)21-30(44)42-19-17-41(18-20-42)29(22-43)40-15-6-7-16-40/h4-5,8-12,22,29,34,39H,6-7,13-21H2,1-3H3. The van der Waals surface area contributed by atoms with Crippen molar-refractivity contribution in [3.8, 4) is 5.75 Å². The molecule has 3 heterocycles. The molecule has 2 fully saturated rings. The van der Waals surface area contributed by atoms with E-state index in [0.717, 1.165) is 37.8 Å². The zero-order chi connectivity index (χ0) is 35.1. The van der Waals surface area contributed by atoms with E-state index in [2.05, 4.69) is 15.1 Å². The molecule has 2 saturated heterocycles. The maximum atomic E-state index is 14.0. The van der Waals surface area contributed by atoms with Gasteiger partial charge in [0, 0.05) is 66.3 Å². The van der Waals surface area contributed by atoms with E-state index < -0.39 is 17.9 Å². The lowest BCUT2D eigenvalue weighted by atomic mass is 9.78. The lowest BCUT2D eigenvalue weighted by molar-refractivity contribution is -0.137. The minimum absolute atomic E-state index is 0.0426. The number of ether oxygens (including phenoxy) is 3. The number of aldehydes is 1. The van der Waals surface area contributed by atoms with Gasteiger partial charge in [-0.1, -0.05) is 47.5 Å². The van der Waals surface area contributed by atoms with Crippen molar-refractivity contribution in [2.75, 3.05) is 60.6 Å². The highest BCUT2D eigenvalue weighted by Gasteiger charge is 2.42. The Morgan fingerprint density at radius 2 is 1.41 bits per heavy atom. The topological polar surface area (TPSA) is 118 Å². The average molecular weight is 714 g/mol. The zero-order valence-electron chi connectivity index (χ0n) is 28.0. The van der Waals surface area contributed by atoms with E-state index >= 15 is 0 Å². The molecule has 11 nitrogen and oxygen atoms in total. The number of carbonyl (C=O) groups is 4. The second-order valence-corrected chi connectivity index (χ2v) is 13.0. The first-order valence-electron chi connectivity index (χ1n) is 16.4. The fraction of sp³-hybridized carbons (Fsp3) is 0.444. The molecule has 3 aliphatic heterocycles. The molecule has 2 aromatic carbocycles. The third kappa shape index (κ3) is 7.96. The highest BCUT2D eigenvalue weighted by Crippen LogP contribution is 2.46. The van der Waals surface area contributed by atoms with Crippen LogP contribution in [0.3, 0.4) is 0 Å². The number of amides is 1. The van der Waals surface area contributed by atoms with Gasteiger partial charge in [-0.15, -0.1) is 0 Å². The Morgan fingerprint density at radius 3 is 2.00 bits per heavy atom. The number of carbonyl (C=O) groups excluding carboxylic acids is 4. The van der Waals surface area contributed by atoms with Crippen LogP contribution >= 0.6 is 23.2 Å². The summed E-state index contributed by atoms with van der Waals surface area (Å²) in [5.74, 6) is -2.06. The van der Waals surface area contributed by atoms with Crippen LogP contribution in [0.4, 0.5) is 0 Å². The van der Waals surface area contributed by atoms with Crippen LogP contribution in [-0.4, -0.2) is 106 Å². The molecule has 13 heteroatoms. The summed E-state index contributed by atoms with van der Waals surface area (Å²) in [6.45, 7) is 3.68. The number of methoxy groups -OCH3 is 3. The van der Waals surface area contributed by atoms with Crippen LogP contribution in [0.5, 0.6) is 5.75 Å². The SMILES string of the molecule is COC(=O)C1=C(CCc2ccccc2OC)NC(CC(=O)N2CCN(C(C=O)N3CCCC3)CC2)=C(C(=O)OC)C1c1c(Cl)cccc1Cl. The lowest BCUT2D eigenvalue weighted by Crippen LogP contribution is -2.57. The van der Waals surface area contributed by atoms with Gasteiger partial charge >= 0.3 is 11.9 Å². The van der Waals surface area contributed by atoms with Crippen molar-refractivity contribution in [2.45, 2.75) is 44.2 Å². The number of allylic oxidation sites excluding steroid dienone is 1. The molecule has 2 aromatic rings. The molecule has 2 unspecified atom stereocenters. The molecule has 49 heavy (non-hydrogen) atoms. The molecule has 0 aliphatic carbocycles. The van der Waals surface area contributed by atoms with Crippen molar-refractivity contribution in [1.29, 1.82) is 0 Å². The number of hydrogen-bond acceptors (Lipinski definition) is 10. The van der Waals surface area contributed by atoms with E-state index in [1.807, 2.05) is 24.3 Å². The van der Waals surface area contributed by atoms with Gasteiger partial charge in [-0.05, 0) is 49.4 Å². The van der Waals surface area contributed by atoms with E-state index in [1.165, 1.54) is 14.2 Å². The fourth-order valence-corrected chi connectivity index (χ4v) is 7.62. The number of aryl methyl sites for hydroxylation is 1. The van der Waals surface area contributed by atoms with Crippen molar-refractivity contribution < 1.29 is 33.4 Å². The van der Waals surface area contributed by atoms with Crippen LogP contribution in [0, 0.1) is 0 Å². The Bertz CT molecular complexity index is 1610. The van der Waals surface area contributed by atoms with Crippen molar-refractivity contribution in [2.24, 2.45) is 0 Å². The Kier molecular flexibility index (Phi) is 12.4. The average Bonchev–Trinajstić information content (AvgIpc) is 3.65. The number of benzene rings is 2. The largest absolute Gasteiger partial charge is 0.496 e. The van der Waals surface area contributed by atoms with E-state index in [0.29, 0.717) is 56.0 Å². The molecule has 262 valence electrons. The fourth-order valence-electron chi connectivity index (χ4n) is 7.00. The maximum Gasteiger partial charge on any atom is 0.336 e. The first kappa shape index (κ1) is 36.4. The molecule has 0 spiro atoms. The van der Waals surface area contributed by atoms with Crippen LogP contribution in [0.15, 0.2) is 65.0 Å². The van der Waals surface area contributed by atoms with Crippen molar-refractivity contribution in [3.63, 3.8) is 0 Å². The van der Waals surface area contributed by atoms with Gasteiger partial charge in [0.15, 0.2) is 6.29 Å². The normalized spacial score (nSPS) is 19.4. The van der Waals surface area contributed by atoms with Crippen molar-refractivity contribution in [1.82, 2.24) is 20.0 Å². The summed E-state index contributed by atoms with van der Waals surface area (Å²) in [7, 11) is 4.09. The first-order valence-corrected chi connectivity index (χ1v) is 17.1. The van der Waals surface area contributed by atoms with E-state index in [1.54, 1.807) is 30.2 Å². The van der Waals surface area contributed by atoms with Crippen molar-refractivity contribution in [3.05, 3.63) is 86.2 Å². The van der Waals surface area contributed by atoms with Crippen LogP contribution in [-0.2, 0) is 35.1 Å². The quantitative estimate of drug-likeness (QED) is 0.252. The summed E-state index contributed by atoms with van der Waals surface area (Å²) in [6.07, 6.45) is 3.40. The number of rotatable bonds is 12. The van der Waals surface area contributed by atoms with Crippen LogP contribution in [0.25, 0.3) is 0 Å². The molecule has 0 saturated carbocycles. The number of dihydropyridines is 1. The molecule has 5 rings (SSSR count). The number of nitrogens with one attached hydrogen (secondary N) is 1. The zero-order valence-corrected chi connectivity index (χ0v) is 29.5. The smallest absolute Gasteiger partial charge is 0.336 e. The summed E-state index contributed by atoms with van der Waals surface area (Å²) in [4.78, 5) is 59.3. The van der Waals surface area contributed by atoms with Gasteiger partial charge < -0.3 is 29.2 Å². The lowest BCUT2D eigenvalue weighted by Gasteiger charge is -2.40. The van der Waals surface area contributed by atoms with E-state index in [9.17, 15) is 19.2 Å². The van der Waals surface area contributed by atoms with Crippen molar-refractivity contribution >= 4 is 47.3 Å². The van der Waals surface area contributed by atoms with Gasteiger partial charge in [0.2, 0.25) is 5.91 Å². The van der Waals surface area contributed by atoms with Gasteiger partial charge in [0.1, 0.15) is 11.9 Å². The summed E-state index contributed by atoms with van der Waals surface area (Å²) in [5.41, 5.74) is 2.14. The monoisotopic (exact) mass is 712 g/mol. The van der Waals surface area contributed by atoms with Crippen LogP contribution in [0.1, 0.15) is 42.7 Å². The Balaban J connectivity index is 1.51. The molecule has 0 aromatic heterocycles. The van der Waals surface area contributed by atoms with E-state index in [-0.39, 0.29) is 45.4 Å². The third-order valence-electron chi connectivity index (χ3n) is 9.47. The maximum absolute atomic E-state index is 14.0. The Hall–Kier alpha value is -3.90. The van der Waals surface area contributed by atoms with Crippen LogP contribution in [0.2, 0.25) is 10.0 Å². The predicted octanol–water partition coefficient (Wildman–Crippen LogP) is 4.33. The molecule has 0 radical (unpaired) electrons. The number of hydrogen-bond donors (Lipinski definition) is 1. The van der Waals surface area contributed by atoms with E-state index in [4.69, 9.17) is 37.4 Å². The molecule has 2 atom stereocenters. The number of esters is 2. The number of halogens is 2. The van der Waals surface area contributed by atoms with Gasteiger partial charge in [-0.3, -0.25) is 14.6 Å². The number of likely N-dealkylation sites (tertiary alicyclic amines) is 1. The molecule has 1 amide bonds. The second-order valence-electron chi connectivity index (χ2n) is 12.2. The van der Waals surface area contributed by atoms with Crippen LogP contribution < -0.4 is 10.1 Å². The first-order chi connectivity index (χ1) is 23.7. The summed E-state index contributed by atoms with van der Waals surface area (Å²) < 4.78 is 16.1. The number of para-hydroxylation sites is 1. The molecule has 1 N–H and O–H groups in total. The number of nitrogens with zero attached hydrogens (tertiary/aromatic N) is 3. The second kappa shape index (κ2) is 16.7. The predicted molar refractivity (Wildman–Crippen MR) is 185 cm³/mol. The molecule has 0 bridgehead atoms. The van der Waals surface area contributed by atoms with Gasteiger partial charge in [-0.25, -0.2) is 9.59 Å². The van der Waals surface area contributed by atoms with Gasteiger partial charge in [-0.2, -0.15) is 0 Å². The highest BCUT2D eigenvalue weighted by atomic mass is 35.5. The summed E-state index contributed by atoms with van der Waals surface area (Å²) in [6, 6.07) is 12.5. The van der Waals surface area contributed by atoms with Gasteiger partial charge in [0.25, 0.3) is 0 Å². The highest BCUT2D eigenvalue weighted by molar-refractivity contribution is 6.36. The third-order valence-corrected chi connectivity index (χ3v) is 10.1. The molecule has 3 aliphatic rings. The Labute approximate surface area is 296 Å². The van der Waals surface area contributed by atoms with Gasteiger partial charge in [0.05, 0.1) is 44.8 Å². The number of piperazine rings is 1. The minimum Gasteiger partial charge on any atom is -0.496 e.